The number of nitro groups is 1. The molecule has 0 unspecified atom stereocenters. The normalized spacial score (nSPS) is 9.50. The summed E-state index contributed by atoms with van der Waals surface area (Å²) in [5.41, 5.74) is -0.228. The van der Waals surface area contributed by atoms with Crippen molar-refractivity contribution < 1.29 is 14.8 Å². The van der Waals surface area contributed by atoms with Crippen LogP contribution in [0, 0.1) is 22.5 Å². The van der Waals surface area contributed by atoms with Crippen molar-refractivity contribution in [3.05, 3.63) is 33.9 Å². The number of hydrogen-bond acceptors (Lipinski definition) is 4. The third-order valence-corrected chi connectivity index (χ3v) is 2.25. The van der Waals surface area contributed by atoms with Crippen molar-refractivity contribution >= 4 is 17.3 Å². The van der Waals surface area contributed by atoms with Gasteiger partial charge < -0.3 is 10.4 Å². The number of carboxylic acids is 1. The predicted octanol–water partition coefficient (Wildman–Crippen LogP) is 2.12. The minimum atomic E-state index is -1.33. The smallest absolute Gasteiger partial charge is 0.342 e. The molecule has 1 aromatic carbocycles. The van der Waals surface area contributed by atoms with Gasteiger partial charge in [0, 0.05) is 24.7 Å². The van der Waals surface area contributed by atoms with Crippen LogP contribution in [0.4, 0.5) is 11.4 Å². The van der Waals surface area contributed by atoms with Crippen LogP contribution in [0.25, 0.3) is 0 Å². The Bertz CT molecular complexity index is 505. The van der Waals surface area contributed by atoms with Gasteiger partial charge in [-0.2, -0.15) is 0 Å². The number of carbonyl (C=O) groups is 1. The molecule has 1 aromatic rings. The molecule has 0 aliphatic carbocycles. The molecule has 0 heterocycles. The molecule has 2 N–H and O–H groups in total. The van der Waals surface area contributed by atoms with Gasteiger partial charge in [-0.3, -0.25) is 10.1 Å². The molecular weight excluding hydrogens is 236 g/mol. The average Bonchev–Trinajstić information content (AvgIpc) is 2.34. The first-order chi connectivity index (χ1) is 8.56. The Morgan fingerprint density at radius 2 is 2.28 bits per heavy atom. The van der Waals surface area contributed by atoms with Crippen LogP contribution in [0.2, 0.25) is 0 Å². The Hall–Kier alpha value is -2.55. The monoisotopic (exact) mass is 248 g/mol. The highest BCUT2D eigenvalue weighted by atomic mass is 16.6. The number of nitro benzene ring substituents is 1. The summed E-state index contributed by atoms with van der Waals surface area (Å²) < 4.78 is 0. The van der Waals surface area contributed by atoms with Gasteiger partial charge in [-0.05, 0) is 18.6 Å². The zero-order valence-corrected chi connectivity index (χ0v) is 9.55. The SMILES string of the molecule is C#CCCCNc1ccc([N+](=O)[O-])c(C(=O)O)c1. The summed E-state index contributed by atoms with van der Waals surface area (Å²) in [6.07, 6.45) is 6.46. The first-order valence-corrected chi connectivity index (χ1v) is 5.25. The summed E-state index contributed by atoms with van der Waals surface area (Å²) in [4.78, 5) is 20.8. The second kappa shape index (κ2) is 6.25. The molecule has 0 bridgehead atoms. The summed E-state index contributed by atoms with van der Waals surface area (Å²) in [7, 11) is 0. The molecule has 0 aliphatic rings. The zero-order chi connectivity index (χ0) is 13.5. The van der Waals surface area contributed by atoms with E-state index in [0.29, 0.717) is 18.7 Å². The largest absolute Gasteiger partial charge is 0.477 e. The lowest BCUT2D eigenvalue weighted by Crippen LogP contribution is -2.06. The molecule has 0 radical (unpaired) electrons. The van der Waals surface area contributed by atoms with Crippen molar-refractivity contribution in [3.63, 3.8) is 0 Å². The highest BCUT2D eigenvalue weighted by Crippen LogP contribution is 2.22. The molecule has 0 amide bonds. The summed E-state index contributed by atoms with van der Waals surface area (Å²) in [6, 6.07) is 3.89. The zero-order valence-electron chi connectivity index (χ0n) is 9.55. The number of nitrogens with one attached hydrogen (secondary N) is 1. The van der Waals surface area contributed by atoms with Crippen molar-refractivity contribution in [1.29, 1.82) is 0 Å². The van der Waals surface area contributed by atoms with E-state index in [2.05, 4.69) is 11.2 Å². The fraction of sp³-hybridized carbons (Fsp3) is 0.250. The van der Waals surface area contributed by atoms with Gasteiger partial charge in [0.2, 0.25) is 0 Å². The summed E-state index contributed by atoms with van der Waals surface area (Å²) in [5.74, 6) is 1.16. The van der Waals surface area contributed by atoms with Crippen molar-refractivity contribution in [2.24, 2.45) is 0 Å². The van der Waals surface area contributed by atoms with Crippen LogP contribution >= 0.6 is 0 Å². The van der Waals surface area contributed by atoms with E-state index in [1.54, 1.807) is 0 Å². The van der Waals surface area contributed by atoms with Crippen molar-refractivity contribution in [2.75, 3.05) is 11.9 Å². The van der Waals surface area contributed by atoms with E-state index in [0.717, 1.165) is 6.42 Å². The Kier molecular flexibility index (Phi) is 4.69. The molecule has 1 rings (SSSR count). The van der Waals surface area contributed by atoms with Gasteiger partial charge in [0.15, 0.2) is 0 Å². The maximum Gasteiger partial charge on any atom is 0.342 e. The quantitative estimate of drug-likeness (QED) is 0.348. The number of rotatable bonds is 6. The van der Waals surface area contributed by atoms with Crippen LogP contribution in [-0.2, 0) is 0 Å². The predicted molar refractivity (Wildman–Crippen MR) is 66.6 cm³/mol. The number of anilines is 1. The number of terminal acetylenes is 1. The minimum absolute atomic E-state index is 0.332. The number of aromatic carboxylic acids is 1. The van der Waals surface area contributed by atoms with E-state index < -0.39 is 16.6 Å². The van der Waals surface area contributed by atoms with Gasteiger partial charge in [0.25, 0.3) is 5.69 Å². The van der Waals surface area contributed by atoms with Crippen molar-refractivity contribution in [1.82, 2.24) is 0 Å². The molecule has 0 aromatic heterocycles. The van der Waals surface area contributed by atoms with Crippen LogP contribution in [0.15, 0.2) is 18.2 Å². The van der Waals surface area contributed by atoms with E-state index in [-0.39, 0.29) is 5.56 Å². The molecule has 0 saturated heterocycles. The van der Waals surface area contributed by atoms with E-state index in [4.69, 9.17) is 11.5 Å². The van der Waals surface area contributed by atoms with Gasteiger partial charge in [-0.25, -0.2) is 4.79 Å². The van der Waals surface area contributed by atoms with Crippen LogP contribution in [0.3, 0.4) is 0 Å². The topological polar surface area (TPSA) is 92.5 Å². The maximum absolute atomic E-state index is 10.9. The Labute approximate surface area is 104 Å². The highest BCUT2D eigenvalue weighted by molar-refractivity contribution is 5.93. The van der Waals surface area contributed by atoms with Gasteiger partial charge >= 0.3 is 5.97 Å². The van der Waals surface area contributed by atoms with Crippen LogP contribution in [-0.4, -0.2) is 22.5 Å². The fourth-order valence-corrected chi connectivity index (χ4v) is 1.40. The van der Waals surface area contributed by atoms with Gasteiger partial charge in [-0.1, -0.05) is 0 Å². The molecular formula is C12H12N2O4. The van der Waals surface area contributed by atoms with Crippen LogP contribution in [0.5, 0.6) is 0 Å². The van der Waals surface area contributed by atoms with Crippen molar-refractivity contribution in [3.8, 4) is 12.3 Å². The second-order valence-electron chi connectivity index (χ2n) is 3.53. The number of nitrogens with zero attached hydrogens (tertiary/aromatic N) is 1. The molecule has 94 valence electrons. The molecule has 6 nitrogen and oxygen atoms in total. The van der Waals surface area contributed by atoms with E-state index in [9.17, 15) is 14.9 Å². The Morgan fingerprint density at radius 3 is 2.83 bits per heavy atom. The molecule has 0 spiro atoms. The molecule has 6 heteroatoms. The van der Waals surface area contributed by atoms with Crippen molar-refractivity contribution in [2.45, 2.75) is 12.8 Å². The van der Waals surface area contributed by atoms with Crippen LogP contribution < -0.4 is 5.32 Å². The summed E-state index contributed by atoms with van der Waals surface area (Å²) in [6.45, 7) is 0.584. The second-order valence-corrected chi connectivity index (χ2v) is 3.53. The number of benzene rings is 1. The molecule has 0 atom stereocenters. The molecule has 0 fully saturated rings. The lowest BCUT2D eigenvalue weighted by molar-refractivity contribution is -0.385. The lowest BCUT2D eigenvalue weighted by atomic mass is 10.1. The summed E-state index contributed by atoms with van der Waals surface area (Å²) in [5, 5.41) is 22.5. The third-order valence-electron chi connectivity index (χ3n) is 2.25. The van der Waals surface area contributed by atoms with E-state index in [1.807, 2.05) is 0 Å². The maximum atomic E-state index is 10.9. The number of carboxylic acid groups (broad SMARTS) is 1. The molecule has 18 heavy (non-hydrogen) atoms. The molecule has 0 saturated carbocycles. The standard InChI is InChI=1S/C12H12N2O4/c1-2-3-4-7-13-9-5-6-11(14(17)18)10(8-9)12(15)16/h1,5-6,8,13H,3-4,7H2,(H,15,16). The third kappa shape index (κ3) is 3.49. The van der Waals surface area contributed by atoms with Gasteiger partial charge in [0.05, 0.1) is 4.92 Å². The van der Waals surface area contributed by atoms with E-state index >= 15 is 0 Å². The van der Waals surface area contributed by atoms with Gasteiger partial charge in [-0.15, -0.1) is 12.3 Å². The highest BCUT2D eigenvalue weighted by Gasteiger charge is 2.19. The number of hydrogen-bond donors (Lipinski definition) is 2. The molecule has 0 aliphatic heterocycles. The Balaban J connectivity index is 2.84. The fourth-order valence-electron chi connectivity index (χ4n) is 1.40. The first-order valence-electron chi connectivity index (χ1n) is 5.25. The van der Waals surface area contributed by atoms with Gasteiger partial charge in [0.1, 0.15) is 5.56 Å². The average molecular weight is 248 g/mol. The first kappa shape index (κ1) is 13.5. The minimum Gasteiger partial charge on any atom is -0.477 e. The summed E-state index contributed by atoms with van der Waals surface area (Å²) >= 11 is 0. The van der Waals surface area contributed by atoms with Crippen LogP contribution in [0.1, 0.15) is 23.2 Å². The number of unbranched alkanes of at least 4 members (excludes halogenated alkanes) is 1. The lowest BCUT2D eigenvalue weighted by Gasteiger charge is -2.06. The van der Waals surface area contributed by atoms with E-state index in [1.165, 1.54) is 18.2 Å². The Morgan fingerprint density at radius 1 is 1.56 bits per heavy atom.